The van der Waals surface area contributed by atoms with E-state index in [1.54, 1.807) is 7.05 Å². The number of nitrogens with one attached hydrogen (secondary N) is 2. The lowest BCUT2D eigenvalue weighted by atomic mass is 9.87. The van der Waals surface area contributed by atoms with E-state index in [1.807, 2.05) is 0 Å². The Bertz CT molecular complexity index is 806. The molecule has 2 fully saturated rings. The first-order valence-electron chi connectivity index (χ1n) is 9.52. The second-order valence-electron chi connectivity index (χ2n) is 7.64. The SMILES string of the molecule is Cn1c(N[C@@H]2CCC[C@H]2O)nc2nc(CC3CCCCC3)[nH]c2c1=O. The zero-order chi connectivity index (χ0) is 17.4. The maximum Gasteiger partial charge on any atom is 0.280 e. The lowest BCUT2D eigenvalue weighted by Gasteiger charge is -2.20. The van der Waals surface area contributed by atoms with E-state index in [0.717, 1.165) is 31.5 Å². The number of rotatable bonds is 4. The van der Waals surface area contributed by atoms with Crippen molar-refractivity contribution in [2.75, 3.05) is 5.32 Å². The summed E-state index contributed by atoms with van der Waals surface area (Å²) in [5, 5.41) is 13.2. The highest BCUT2D eigenvalue weighted by molar-refractivity contribution is 5.71. The minimum Gasteiger partial charge on any atom is -0.391 e. The number of hydrogen-bond acceptors (Lipinski definition) is 5. The highest BCUT2D eigenvalue weighted by Gasteiger charge is 2.26. The van der Waals surface area contributed by atoms with Crippen LogP contribution in [0, 0.1) is 5.92 Å². The maximum absolute atomic E-state index is 12.7. The van der Waals surface area contributed by atoms with Gasteiger partial charge < -0.3 is 15.4 Å². The number of aliphatic hydroxyl groups excluding tert-OH is 1. The molecule has 2 saturated carbocycles. The predicted octanol–water partition coefficient (Wildman–Crippen LogP) is 2.10. The zero-order valence-electron chi connectivity index (χ0n) is 14.8. The Morgan fingerprint density at radius 1 is 1.16 bits per heavy atom. The number of imidazole rings is 1. The van der Waals surface area contributed by atoms with Crippen LogP contribution in [0.3, 0.4) is 0 Å². The van der Waals surface area contributed by atoms with Gasteiger partial charge in [0.25, 0.3) is 5.56 Å². The molecule has 2 atom stereocenters. The van der Waals surface area contributed by atoms with Crippen molar-refractivity contribution in [3.05, 3.63) is 16.2 Å². The van der Waals surface area contributed by atoms with E-state index >= 15 is 0 Å². The van der Waals surface area contributed by atoms with E-state index in [-0.39, 0.29) is 17.7 Å². The molecule has 0 saturated heterocycles. The minimum atomic E-state index is -0.381. The number of fused-ring (bicyclic) bond motifs is 1. The molecule has 2 heterocycles. The van der Waals surface area contributed by atoms with Crippen LogP contribution in [-0.4, -0.2) is 36.8 Å². The lowest BCUT2D eigenvalue weighted by Crippen LogP contribution is -2.32. The average Bonchev–Trinajstić information content (AvgIpc) is 3.20. The summed E-state index contributed by atoms with van der Waals surface area (Å²) in [5.41, 5.74) is 0.831. The largest absolute Gasteiger partial charge is 0.391 e. The Hall–Kier alpha value is -1.89. The van der Waals surface area contributed by atoms with Crippen LogP contribution in [0.5, 0.6) is 0 Å². The molecule has 7 heteroatoms. The maximum atomic E-state index is 12.7. The third kappa shape index (κ3) is 3.29. The Morgan fingerprint density at radius 3 is 2.68 bits per heavy atom. The second-order valence-corrected chi connectivity index (χ2v) is 7.64. The minimum absolute atomic E-state index is 0.0452. The van der Waals surface area contributed by atoms with Crippen molar-refractivity contribution in [3.63, 3.8) is 0 Å². The molecule has 2 aromatic rings. The van der Waals surface area contributed by atoms with E-state index in [2.05, 4.69) is 20.3 Å². The van der Waals surface area contributed by atoms with Gasteiger partial charge in [-0.25, -0.2) is 4.98 Å². The van der Waals surface area contributed by atoms with Crippen molar-refractivity contribution in [3.8, 4) is 0 Å². The molecule has 0 aliphatic heterocycles. The van der Waals surface area contributed by atoms with Gasteiger partial charge in [0.15, 0.2) is 11.2 Å². The first-order chi connectivity index (χ1) is 12.1. The fourth-order valence-corrected chi connectivity index (χ4v) is 4.25. The van der Waals surface area contributed by atoms with Gasteiger partial charge in [-0.2, -0.15) is 4.98 Å². The van der Waals surface area contributed by atoms with Crippen LogP contribution >= 0.6 is 0 Å². The summed E-state index contributed by atoms with van der Waals surface area (Å²) in [6.07, 6.45) is 9.60. The Morgan fingerprint density at radius 2 is 1.96 bits per heavy atom. The van der Waals surface area contributed by atoms with Crippen molar-refractivity contribution in [2.45, 2.75) is 69.9 Å². The summed E-state index contributed by atoms with van der Waals surface area (Å²) in [6.45, 7) is 0. The fourth-order valence-electron chi connectivity index (χ4n) is 4.25. The zero-order valence-corrected chi connectivity index (χ0v) is 14.8. The van der Waals surface area contributed by atoms with Crippen LogP contribution in [0.15, 0.2) is 4.79 Å². The van der Waals surface area contributed by atoms with Crippen LogP contribution in [0.25, 0.3) is 11.2 Å². The summed E-state index contributed by atoms with van der Waals surface area (Å²) in [4.78, 5) is 25.0. The number of hydrogen-bond donors (Lipinski definition) is 3. The summed E-state index contributed by atoms with van der Waals surface area (Å²) in [7, 11) is 1.71. The molecule has 0 unspecified atom stereocenters. The molecule has 0 aromatic carbocycles. The fraction of sp³-hybridized carbons (Fsp3) is 0.722. The van der Waals surface area contributed by atoms with Crippen LogP contribution in [0.2, 0.25) is 0 Å². The molecule has 7 nitrogen and oxygen atoms in total. The van der Waals surface area contributed by atoms with E-state index in [0.29, 0.717) is 23.0 Å². The van der Waals surface area contributed by atoms with Gasteiger partial charge in [0.2, 0.25) is 5.95 Å². The van der Waals surface area contributed by atoms with Gasteiger partial charge in [-0.1, -0.05) is 32.1 Å². The molecule has 2 aromatic heterocycles. The van der Waals surface area contributed by atoms with Crippen LogP contribution in [0.4, 0.5) is 5.95 Å². The molecule has 2 aliphatic carbocycles. The molecule has 0 radical (unpaired) electrons. The van der Waals surface area contributed by atoms with Crippen LogP contribution < -0.4 is 10.9 Å². The summed E-state index contributed by atoms with van der Waals surface area (Å²) in [5.74, 6) is 2.01. The molecule has 0 amide bonds. The number of nitrogens with zero attached hydrogens (tertiary/aromatic N) is 3. The van der Waals surface area contributed by atoms with Gasteiger partial charge in [0.05, 0.1) is 12.1 Å². The standard InChI is InChI=1S/C18H27N5O2/c1-23-17(25)15-16(22-18(23)19-12-8-5-9-13(12)24)21-14(20-15)10-11-6-3-2-4-7-11/h11-13,24H,2-10H2,1H3,(H,19,22)(H,20,21)/t12-,13-/m1/s1. The molecular weight excluding hydrogens is 318 g/mol. The van der Waals surface area contributed by atoms with Gasteiger partial charge >= 0.3 is 0 Å². The normalized spacial score (nSPS) is 24.9. The molecule has 25 heavy (non-hydrogen) atoms. The highest BCUT2D eigenvalue weighted by atomic mass is 16.3. The molecule has 0 bridgehead atoms. The number of anilines is 1. The van der Waals surface area contributed by atoms with Crippen molar-refractivity contribution in [1.82, 2.24) is 19.5 Å². The Labute approximate surface area is 146 Å². The molecular formula is C18H27N5O2. The summed E-state index contributed by atoms with van der Waals surface area (Å²) < 4.78 is 1.51. The molecule has 4 rings (SSSR count). The first kappa shape index (κ1) is 16.6. The van der Waals surface area contributed by atoms with Gasteiger partial charge in [-0.05, 0) is 25.2 Å². The van der Waals surface area contributed by atoms with Crippen molar-refractivity contribution < 1.29 is 5.11 Å². The number of aromatic nitrogens is 4. The van der Waals surface area contributed by atoms with E-state index in [4.69, 9.17) is 0 Å². The van der Waals surface area contributed by atoms with Crippen molar-refractivity contribution >= 4 is 17.1 Å². The van der Waals surface area contributed by atoms with Crippen LogP contribution in [-0.2, 0) is 13.5 Å². The smallest absolute Gasteiger partial charge is 0.280 e. The van der Waals surface area contributed by atoms with E-state index < -0.39 is 0 Å². The lowest BCUT2D eigenvalue weighted by molar-refractivity contribution is 0.171. The molecule has 3 N–H and O–H groups in total. The highest BCUT2D eigenvalue weighted by Crippen LogP contribution is 2.26. The third-order valence-electron chi connectivity index (χ3n) is 5.78. The summed E-state index contributed by atoms with van der Waals surface area (Å²) >= 11 is 0. The van der Waals surface area contributed by atoms with Gasteiger partial charge in [-0.3, -0.25) is 9.36 Å². The summed E-state index contributed by atoms with van der Waals surface area (Å²) in [6, 6.07) is -0.0452. The van der Waals surface area contributed by atoms with E-state index in [1.165, 1.54) is 36.7 Å². The second kappa shape index (κ2) is 6.78. The number of aliphatic hydroxyl groups is 1. The number of H-pyrrole nitrogens is 1. The average molecular weight is 345 g/mol. The third-order valence-corrected chi connectivity index (χ3v) is 5.78. The monoisotopic (exact) mass is 345 g/mol. The quantitative estimate of drug-likeness (QED) is 0.789. The molecule has 136 valence electrons. The van der Waals surface area contributed by atoms with Gasteiger partial charge in [0, 0.05) is 13.5 Å². The number of aromatic amines is 1. The predicted molar refractivity (Wildman–Crippen MR) is 96.7 cm³/mol. The Balaban J connectivity index is 1.60. The molecule has 2 aliphatic rings. The first-order valence-corrected chi connectivity index (χ1v) is 9.52. The van der Waals surface area contributed by atoms with Crippen LogP contribution in [0.1, 0.15) is 57.2 Å². The van der Waals surface area contributed by atoms with E-state index in [9.17, 15) is 9.90 Å². The van der Waals surface area contributed by atoms with Gasteiger partial charge in [-0.15, -0.1) is 0 Å². The van der Waals surface area contributed by atoms with Gasteiger partial charge in [0.1, 0.15) is 5.82 Å². The molecule has 0 spiro atoms. The Kier molecular flexibility index (Phi) is 4.50. The van der Waals surface area contributed by atoms with Crippen molar-refractivity contribution in [2.24, 2.45) is 13.0 Å². The van der Waals surface area contributed by atoms with Crippen molar-refractivity contribution in [1.29, 1.82) is 0 Å². The topological polar surface area (TPSA) is 95.8 Å².